The summed E-state index contributed by atoms with van der Waals surface area (Å²) in [5, 5.41) is 3.43. The molecule has 0 aromatic rings. The van der Waals surface area contributed by atoms with Gasteiger partial charge in [0.25, 0.3) is 0 Å². The van der Waals surface area contributed by atoms with Crippen molar-refractivity contribution < 1.29 is 13.2 Å². The molecule has 2 fully saturated rings. The lowest BCUT2D eigenvalue weighted by molar-refractivity contribution is -0.129. The van der Waals surface area contributed by atoms with Gasteiger partial charge in [0, 0.05) is 24.6 Å². The topological polar surface area (TPSA) is 67.4 Å². The highest BCUT2D eigenvalue weighted by atomic mass is 32.2. The second-order valence-electron chi connectivity index (χ2n) is 5.65. The fourth-order valence-corrected chi connectivity index (χ4v) is 4.23. The molecule has 2 saturated carbocycles. The number of hydrogen-bond donors (Lipinski definition) is 2. The first kappa shape index (κ1) is 15.2. The molecular weight excluding hydrogens is 264 g/mol. The van der Waals surface area contributed by atoms with Gasteiger partial charge in [0.2, 0.25) is 10.0 Å². The molecule has 2 unspecified atom stereocenters. The van der Waals surface area contributed by atoms with Crippen molar-refractivity contribution in [3.8, 4) is 0 Å². The highest BCUT2D eigenvalue weighted by Gasteiger charge is 2.56. The monoisotopic (exact) mass is 290 g/mol. The van der Waals surface area contributed by atoms with Gasteiger partial charge >= 0.3 is 0 Å². The molecule has 112 valence electrons. The summed E-state index contributed by atoms with van der Waals surface area (Å²) in [5.41, 5.74) is 0.277. The van der Waals surface area contributed by atoms with E-state index in [0.717, 1.165) is 13.0 Å². The summed E-state index contributed by atoms with van der Waals surface area (Å²) >= 11 is 0. The Labute approximate surface area is 116 Å². The molecule has 6 heteroatoms. The second kappa shape index (κ2) is 6.08. The Bertz CT molecular complexity index is 391. The van der Waals surface area contributed by atoms with Crippen LogP contribution in [0.3, 0.4) is 0 Å². The summed E-state index contributed by atoms with van der Waals surface area (Å²) < 4.78 is 31.0. The standard InChI is InChI=1S/C13H26N2O3S/c1-3-18-12-10-11(13(12)6-4-5-7-13)15-8-9-19(16,17)14-2/h11-12,14-15H,3-10H2,1-2H3. The Balaban J connectivity index is 1.84. The number of sulfonamides is 1. The van der Waals surface area contributed by atoms with Crippen molar-refractivity contribution in [3.63, 3.8) is 0 Å². The summed E-state index contributed by atoms with van der Waals surface area (Å²) in [6.07, 6.45) is 6.38. The van der Waals surface area contributed by atoms with E-state index < -0.39 is 10.0 Å². The van der Waals surface area contributed by atoms with Gasteiger partial charge in [-0.05, 0) is 33.2 Å². The molecule has 0 radical (unpaired) electrons. The molecule has 5 nitrogen and oxygen atoms in total. The third-order valence-corrected chi connectivity index (χ3v) is 6.12. The van der Waals surface area contributed by atoms with E-state index in [0.29, 0.717) is 18.7 Å². The Kier molecular flexibility index (Phi) is 4.87. The van der Waals surface area contributed by atoms with E-state index >= 15 is 0 Å². The molecule has 0 heterocycles. The number of nitrogens with one attached hydrogen (secondary N) is 2. The zero-order valence-electron chi connectivity index (χ0n) is 11.9. The van der Waals surface area contributed by atoms with Crippen molar-refractivity contribution >= 4 is 10.0 Å². The maximum atomic E-state index is 11.4. The van der Waals surface area contributed by atoms with Gasteiger partial charge in [-0.3, -0.25) is 0 Å². The Morgan fingerprint density at radius 1 is 1.32 bits per heavy atom. The van der Waals surface area contributed by atoms with Gasteiger partial charge in [-0.25, -0.2) is 13.1 Å². The van der Waals surface area contributed by atoms with E-state index in [1.54, 1.807) is 0 Å². The van der Waals surface area contributed by atoms with Crippen molar-refractivity contribution in [3.05, 3.63) is 0 Å². The van der Waals surface area contributed by atoms with Crippen LogP contribution in [0, 0.1) is 5.41 Å². The molecule has 2 N–H and O–H groups in total. The predicted molar refractivity (Wildman–Crippen MR) is 75.6 cm³/mol. The molecule has 19 heavy (non-hydrogen) atoms. The van der Waals surface area contributed by atoms with Crippen LogP contribution in [0.4, 0.5) is 0 Å². The van der Waals surface area contributed by atoms with Gasteiger partial charge in [0.15, 0.2) is 0 Å². The summed E-state index contributed by atoms with van der Waals surface area (Å²) in [6, 6.07) is 0.429. The number of hydrogen-bond acceptors (Lipinski definition) is 4. The van der Waals surface area contributed by atoms with Crippen LogP contribution >= 0.6 is 0 Å². The molecule has 2 rings (SSSR count). The van der Waals surface area contributed by atoms with Crippen LogP contribution in [0.5, 0.6) is 0 Å². The van der Waals surface area contributed by atoms with Crippen molar-refractivity contribution in [2.75, 3.05) is 26.0 Å². The van der Waals surface area contributed by atoms with E-state index in [1.165, 1.54) is 32.7 Å². The molecule has 2 aliphatic rings. The fraction of sp³-hybridized carbons (Fsp3) is 1.00. The third-order valence-electron chi connectivity index (χ3n) is 4.76. The minimum atomic E-state index is -3.10. The van der Waals surface area contributed by atoms with Gasteiger partial charge in [-0.1, -0.05) is 12.8 Å². The largest absolute Gasteiger partial charge is 0.378 e. The van der Waals surface area contributed by atoms with Crippen LogP contribution in [0.15, 0.2) is 0 Å². The zero-order valence-corrected chi connectivity index (χ0v) is 12.8. The van der Waals surface area contributed by atoms with Gasteiger partial charge in [0.1, 0.15) is 0 Å². The number of rotatable bonds is 7. The van der Waals surface area contributed by atoms with Crippen LogP contribution in [0.2, 0.25) is 0 Å². The van der Waals surface area contributed by atoms with E-state index in [9.17, 15) is 8.42 Å². The molecule has 0 aromatic carbocycles. The lowest BCUT2D eigenvalue weighted by Gasteiger charge is -2.54. The van der Waals surface area contributed by atoms with Crippen LogP contribution in [-0.4, -0.2) is 46.5 Å². The van der Waals surface area contributed by atoms with Gasteiger partial charge < -0.3 is 10.1 Å². The Morgan fingerprint density at radius 2 is 2.00 bits per heavy atom. The Hall–Kier alpha value is -0.170. The SMILES string of the molecule is CCOC1CC(NCCS(=O)(=O)NC)C12CCCC2. The molecule has 0 amide bonds. The summed E-state index contributed by atoms with van der Waals surface area (Å²) in [7, 11) is -1.64. The van der Waals surface area contributed by atoms with Crippen LogP contribution < -0.4 is 10.0 Å². The van der Waals surface area contributed by atoms with E-state index in [-0.39, 0.29) is 11.2 Å². The minimum Gasteiger partial charge on any atom is -0.378 e. The highest BCUT2D eigenvalue weighted by molar-refractivity contribution is 7.89. The molecule has 0 bridgehead atoms. The first-order chi connectivity index (χ1) is 9.04. The van der Waals surface area contributed by atoms with Crippen molar-refractivity contribution in [1.29, 1.82) is 0 Å². The quantitative estimate of drug-likeness (QED) is 0.730. The maximum absolute atomic E-state index is 11.4. The first-order valence-corrected chi connectivity index (χ1v) is 8.95. The third kappa shape index (κ3) is 3.12. The van der Waals surface area contributed by atoms with Gasteiger partial charge in [-0.15, -0.1) is 0 Å². The van der Waals surface area contributed by atoms with Crippen LogP contribution in [0.1, 0.15) is 39.0 Å². The van der Waals surface area contributed by atoms with E-state index in [1.807, 2.05) is 6.92 Å². The molecule has 0 saturated heterocycles. The summed E-state index contributed by atoms with van der Waals surface area (Å²) in [4.78, 5) is 0. The Morgan fingerprint density at radius 3 is 2.58 bits per heavy atom. The van der Waals surface area contributed by atoms with E-state index in [2.05, 4.69) is 10.0 Å². The summed E-state index contributed by atoms with van der Waals surface area (Å²) in [5.74, 6) is 0.148. The van der Waals surface area contributed by atoms with Crippen molar-refractivity contribution in [1.82, 2.24) is 10.0 Å². The molecule has 1 spiro atoms. The molecule has 0 aliphatic heterocycles. The molecule has 0 aromatic heterocycles. The first-order valence-electron chi connectivity index (χ1n) is 7.30. The predicted octanol–water partition coefficient (Wildman–Crippen LogP) is 0.863. The van der Waals surface area contributed by atoms with Crippen molar-refractivity contribution in [2.45, 2.75) is 51.2 Å². The molecular formula is C13H26N2O3S. The minimum absolute atomic E-state index is 0.148. The highest BCUT2D eigenvalue weighted by Crippen LogP contribution is 2.54. The molecule has 2 aliphatic carbocycles. The van der Waals surface area contributed by atoms with Gasteiger partial charge in [0.05, 0.1) is 11.9 Å². The van der Waals surface area contributed by atoms with Crippen LogP contribution in [0.25, 0.3) is 0 Å². The van der Waals surface area contributed by atoms with Gasteiger partial charge in [-0.2, -0.15) is 0 Å². The fourth-order valence-electron chi connectivity index (χ4n) is 3.64. The average molecular weight is 290 g/mol. The average Bonchev–Trinajstić information content (AvgIpc) is 2.89. The lowest BCUT2D eigenvalue weighted by atomic mass is 9.60. The maximum Gasteiger partial charge on any atom is 0.212 e. The van der Waals surface area contributed by atoms with Crippen molar-refractivity contribution in [2.24, 2.45) is 5.41 Å². The lowest BCUT2D eigenvalue weighted by Crippen LogP contribution is -2.63. The molecule has 2 atom stereocenters. The zero-order chi connectivity index (χ0) is 13.9. The number of ether oxygens (including phenoxy) is 1. The second-order valence-corrected chi connectivity index (χ2v) is 7.70. The smallest absolute Gasteiger partial charge is 0.212 e. The van der Waals surface area contributed by atoms with E-state index in [4.69, 9.17) is 4.74 Å². The summed E-state index contributed by atoms with van der Waals surface area (Å²) in [6.45, 7) is 3.34. The van der Waals surface area contributed by atoms with Crippen LogP contribution in [-0.2, 0) is 14.8 Å². The normalized spacial score (nSPS) is 29.6.